The first kappa shape index (κ1) is 21.0. The van der Waals surface area contributed by atoms with Crippen LogP contribution in [0.1, 0.15) is 10.4 Å². The topological polar surface area (TPSA) is 90.7 Å². The largest absolute Gasteiger partial charge is 0.493 e. The molecule has 10 heteroatoms. The minimum atomic E-state index is -0.799. The second kappa shape index (κ2) is 8.75. The van der Waals surface area contributed by atoms with Crippen molar-refractivity contribution in [2.45, 2.75) is 0 Å². The van der Waals surface area contributed by atoms with Crippen molar-refractivity contribution in [2.24, 2.45) is 0 Å². The molecule has 0 spiro atoms. The number of anilines is 1. The third kappa shape index (κ3) is 4.64. The predicted molar refractivity (Wildman–Crippen MR) is 105 cm³/mol. The molecule has 0 fully saturated rings. The zero-order chi connectivity index (χ0) is 21.8. The van der Waals surface area contributed by atoms with Gasteiger partial charge in [0.05, 0.1) is 17.7 Å². The normalized spacial score (nSPS) is 10.4. The minimum absolute atomic E-state index is 0.0634. The number of hydrogen-bond acceptors (Lipinski definition) is 5. The van der Waals surface area contributed by atoms with Crippen molar-refractivity contribution in [1.82, 2.24) is 0 Å². The van der Waals surface area contributed by atoms with E-state index >= 15 is 0 Å². The van der Waals surface area contributed by atoms with Gasteiger partial charge < -0.3 is 14.8 Å². The number of nitrogens with zero attached hydrogens (tertiary/aromatic N) is 1. The first-order valence-electron chi connectivity index (χ1n) is 8.34. The van der Waals surface area contributed by atoms with E-state index in [4.69, 9.17) is 21.1 Å². The summed E-state index contributed by atoms with van der Waals surface area (Å²) in [5.74, 6) is -2.13. The van der Waals surface area contributed by atoms with Crippen LogP contribution in [0.3, 0.4) is 0 Å². The summed E-state index contributed by atoms with van der Waals surface area (Å²) in [5.41, 5.74) is -0.613. The molecule has 0 aliphatic carbocycles. The van der Waals surface area contributed by atoms with Gasteiger partial charge in [0.15, 0.2) is 11.5 Å². The van der Waals surface area contributed by atoms with E-state index in [2.05, 4.69) is 5.32 Å². The number of nitro benzene ring substituents is 1. The molecular weight excluding hydrogens is 422 g/mol. The number of amides is 1. The summed E-state index contributed by atoms with van der Waals surface area (Å²) in [5, 5.41) is 13.6. The summed E-state index contributed by atoms with van der Waals surface area (Å²) < 4.78 is 37.8. The molecule has 1 amide bonds. The van der Waals surface area contributed by atoms with Crippen LogP contribution in [-0.4, -0.2) is 17.9 Å². The molecule has 7 nitrogen and oxygen atoms in total. The zero-order valence-corrected chi connectivity index (χ0v) is 16.1. The van der Waals surface area contributed by atoms with Gasteiger partial charge in [0.2, 0.25) is 5.75 Å². The van der Waals surface area contributed by atoms with Gasteiger partial charge in [-0.3, -0.25) is 14.9 Å². The molecule has 0 saturated carbocycles. The number of rotatable bonds is 6. The van der Waals surface area contributed by atoms with Gasteiger partial charge in [0.25, 0.3) is 5.91 Å². The van der Waals surface area contributed by atoms with Crippen molar-refractivity contribution in [2.75, 3.05) is 12.4 Å². The third-order valence-electron chi connectivity index (χ3n) is 3.94. The average Bonchev–Trinajstić information content (AvgIpc) is 2.72. The van der Waals surface area contributed by atoms with Crippen LogP contribution in [-0.2, 0) is 0 Å². The SMILES string of the molecule is COc1cc(C(=O)Nc2cc(F)ccc2F)ccc1Oc1ccc(Cl)cc1[N+](=O)[O-]. The van der Waals surface area contributed by atoms with Crippen molar-refractivity contribution < 1.29 is 28.0 Å². The fourth-order valence-electron chi connectivity index (χ4n) is 2.52. The Balaban J connectivity index is 1.87. The first-order valence-corrected chi connectivity index (χ1v) is 8.72. The van der Waals surface area contributed by atoms with Crippen LogP contribution >= 0.6 is 11.6 Å². The van der Waals surface area contributed by atoms with E-state index < -0.39 is 22.5 Å². The lowest BCUT2D eigenvalue weighted by Gasteiger charge is -2.12. The maximum absolute atomic E-state index is 13.7. The van der Waals surface area contributed by atoms with Crippen molar-refractivity contribution in [3.63, 3.8) is 0 Å². The molecule has 0 aliphatic rings. The number of benzene rings is 3. The Labute approximate surface area is 174 Å². The van der Waals surface area contributed by atoms with Gasteiger partial charge in [-0.1, -0.05) is 11.6 Å². The third-order valence-corrected chi connectivity index (χ3v) is 4.18. The van der Waals surface area contributed by atoms with E-state index in [1.807, 2.05) is 0 Å². The van der Waals surface area contributed by atoms with Crippen LogP contribution in [0.25, 0.3) is 0 Å². The van der Waals surface area contributed by atoms with E-state index in [9.17, 15) is 23.7 Å². The first-order chi connectivity index (χ1) is 14.3. The molecule has 1 N–H and O–H groups in total. The highest BCUT2D eigenvalue weighted by Crippen LogP contribution is 2.38. The van der Waals surface area contributed by atoms with Gasteiger partial charge in [-0.2, -0.15) is 0 Å². The maximum atomic E-state index is 13.7. The van der Waals surface area contributed by atoms with Gasteiger partial charge in [-0.05, 0) is 42.5 Å². The number of carbonyl (C=O) groups excluding carboxylic acids is 1. The van der Waals surface area contributed by atoms with Crippen LogP contribution in [0.5, 0.6) is 17.2 Å². The van der Waals surface area contributed by atoms with E-state index in [1.54, 1.807) is 0 Å². The lowest BCUT2D eigenvalue weighted by Crippen LogP contribution is -2.13. The smallest absolute Gasteiger partial charge is 0.313 e. The number of halogens is 3. The summed E-state index contributed by atoms with van der Waals surface area (Å²) in [6.07, 6.45) is 0. The summed E-state index contributed by atoms with van der Waals surface area (Å²) >= 11 is 5.79. The van der Waals surface area contributed by atoms with Gasteiger partial charge in [0.1, 0.15) is 11.6 Å². The Morgan fingerprint density at radius 1 is 1.03 bits per heavy atom. The number of nitro groups is 1. The molecule has 0 heterocycles. The van der Waals surface area contributed by atoms with Crippen LogP contribution in [0, 0.1) is 21.7 Å². The molecule has 0 saturated heterocycles. The summed E-state index contributed by atoms with van der Waals surface area (Å²) in [6.45, 7) is 0. The number of nitrogens with one attached hydrogen (secondary N) is 1. The van der Waals surface area contributed by atoms with Crippen molar-refractivity contribution in [1.29, 1.82) is 0 Å². The Bertz CT molecular complexity index is 1140. The molecule has 30 heavy (non-hydrogen) atoms. The van der Waals surface area contributed by atoms with Crippen molar-refractivity contribution in [3.05, 3.63) is 86.9 Å². The molecule has 3 rings (SSSR count). The van der Waals surface area contributed by atoms with E-state index in [1.165, 1.54) is 37.4 Å². The molecule has 0 unspecified atom stereocenters. The Hall–Kier alpha value is -3.72. The molecule has 0 aromatic heterocycles. The van der Waals surface area contributed by atoms with Gasteiger partial charge >= 0.3 is 5.69 Å². The summed E-state index contributed by atoms with van der Waals surface area (Å²) in [6, 6.07) is 10.5. The molecule has 0 bridgehead atoms. The second-order valence-electron chi connectivity index (χ2n) is 5.92. The average molecular weight is 435 g/mol. The van der Waals surface area contributed by atoms with Crippen LogP contribution in [0.4, 0.5) is 20.2 Å². The number of methoxy groups -OCH3 is 1. The van der Waals surface area contributed by atoms with Crippen molar-refractivity contribution >= 4 is 28.9 Å². The van der Waals surface area contributed by atoms with Gasteiger partial charge in [-0.25, -0.2) is 8.78 Å². The lowest BCUT2D eigenvalue weighted by atomic mass is 10.1. The van der Waals surface area contributed by atoms with Gasteiger partial charge in [0, 0.05) is 22.7 Å². The second-order valence-corrected chi connectivity index (χ2v) is 6.35. The quantitative estimate of drug-likeness (QED) is 0.404. The maximum Gasteiger partial charge on any atom is 0.313 e. The fraction of sp³-hybridized carbons (Fsp3) is 0.0500. The molecule has 0 aliphatic heterocycles. The van der Waals surface area contributed by atoms with Gasteiger partial charge in [-0.15, -0.1) is 0 Å². The zero-order valence-electron chi connectivity index (χ0n) is 15.3. The molecule has 0 radical (unpaired) electrons. The monoisotopic (exact) mass is 434 g/mol. The van der Waals surface area contributed by atoms with E-state index in [0.29, 0.717) is 0 Å². The highest BCUT2D eigenvalue weighted by atomic mass is 35.5. The van der Waals surface area contributed by atoms with Crippen LogP contribution in [0.2, 0.25) is 5.02 Å². The lowest BCUT2D eigenvalue weighted by molar-refractivity contribution is -0.385. The standard InChI is InChI=1S/C20H13ClF2N2O5/c1-29-19-8-11(20(26)24-15-10-13(22)4-5-14(15)23)2-6-18(19)30-17-7-3-12(21)9-16(17)25(27)28/h2-10H,1H3,(H,24,26). The Kier molecular flexibility index (Phi) is 6.12. The number of hydrogen-bond donors (Lipinski definition) is 1. The molecular formula is C20H13ClF2N2O5. The Morgan fingerprint density at radius 2 is 1.77 bits per heavy atom. The predicted octanol–water partition coefficient (Wildman–Crippen LogP) is 5.58. The van der Waals surface area contributed by atoms with Crippen LogP contribution < -0.4 is 14.8 Å². The summed E-state index contributed by atoms with van der Waals surface area (Å²) in [4.78, 5) is 23.0. The van der Waals surface area contributed by atoms with Crippen LogP contribution in [0.15, 0.2) is 54.6 Å². The highest BCUT2D eigenvalue weighted by molar-refractivity contribution is 6.30. The fourth-order valence-corrected chi connectivity index (χ4v) is 2.69. The molecule has 154 valence electrons. The number of carbonyl (C=O) groups is 1. The number of ether oxygens (including phenoxy) is 2. The Morgan fingerprint density at radius 3 is 2.47 bits per heavy atom. The van der Waals surface area contributed by atoms with Crippen molar-refractivity contribution in [3.8, 4) is 17.2 Å². The highest BCUT2D eigenvalue weighted by Gasteiger charge is 2.19. The molecule has 3 aromatic carbocycles. The molecule has 3 aromatic rings. The summed E-state index contributed by atoms with van der Waals surface area (Å²) in [7, 11) is 1.31. The van der Waals surface area contributed by atoms with E-state index in [0.717, 1.165) is 24.3 Å². The van der Waals surface area contributed by atoms with E-state index in [-0.39, 0.29) is 39.2 Å². The molecule has 0 atom stereocenters. The minimum Gasteiger partial charge on any atom is -0.493 e.